The van der Waals surface area contributed by atoms with Crippen molar-refractivity contribution in [1.82, 2.24) is 0 Å². The van der Waals surface area contributed by atoms with Gasteiger partial charge in [0.05, 0.1) is 0 Å². The third-order valence-electron chi connectivity index (χ3n) is 0. The second-order valence-electron chi connectivity index (χ2n) is 0.686. The summed E-state index contributed by atoms with van der Waals surface area (Å²) in [4.78, 5) is 8.36. The third kappa shape index (κ3) is 36800. The van der Waals surface area contributed by atoms with E-state index in [1.807, 2.05) is 0 Å². The topological polar surface area (TPSA) is 138 Å². The molecule has 0 aliphatic carbocycles. The summed E-state index contributed by atoms with van der Waals surface area (Å²) < 4.78 is 31.6. The van der Waals surface area contributed by atoms with E-state index in [0.717, 1.165) is 0 Å². The van der Waals surface area contributed by atoms with Crippen LogP contribution in [0.3, 0.4) is 0 Å². The van der Waals surface area contributed by atoms with Crippen LogP contribution in [0.15, 0.2) is 0 Å². The predicted molar refractivity (Wildman–Crippen MR) is 34.5 cm³/mol. The van der Waals surface area contributed by atoms with E-state index in [1.165, 1.54) is 0 Å². The van der Waals surface area contributed by atoms with Gasteiger partial charge in [0.25, 0.3) is 5.09 Å². The molecular weight excluding hydrogens is 212 g/mol. The van der Waals surface area contributed by atoms with Crippen LogP contribution < -0.4 is 0 Å². The summed E-state index contributed by atoms with van der Waals surface area (Å²) in [6, 6.07) is 0. The first-order valence-corrected chi connectivity index (χ1v) is 2.66. The molecule has 0 spiro atoms. The molecule has 0 rings (SSSR count). The van der Waals surface area contributed by atoms with Gasteiger partial charge >= 0.3 is 45.1 Å². The van der Waals surface area contributed by atoms with Gasteiger partial charge in [-0.3, -0.25) is 9.11 Å². The van der Waals surface area contributed by atoms with Crippen LogP contribution in [-0.4, -0.2) is 62.5 Å². The van der Waals surface area contributed by atoms with Gasteiger partial charge in [-0.05, 0) is 0 Å². The Morgan fingerprint density at radius 3 is 1.18 bits per heavy atom. The van der Waals surface area contributed by atoms with Crippen molar-refractivity contribution in [3.05, 3.63) is 10.1 Å². The van der Waals surface area contributed by atoms with Gasteiger partial charge < -0.3 is 5.21 Å². The van der Waals surface area contributed by atoms with Gasteiger partial charge in [0.1, 0.15) is 0 Å². The SMILES string of the molecule is O=S(=O)(O)O.O=[N+]([O-])O.[Al+3].[Al+3]. The van der Waals surface area contributed by atoms with E-state index in [0.29, 0.717) is 0 Å². The summed E-state index contributed by atoms with van der Waals surface area (Å²) in [5.41, 5.74) is 0. The van der Waals surface area contributed by atoms with Gasteiger partial charge in [-0.2, -0.15) is 8.42 Å². The van der Waals surface area contributed by atoms with Crippen molar-refractivity contribution in [2.24, 2.45) is 0 Å². The molecule has 0 aromatic rings. The minimum atomic E-state index is -4.67. The summed E-state index contributed by atoms with van der Waals surface area (Å²) in [7, 11) is -4.67. The molecule has 0 atom stereocenters. The number of hydrogen-bond acceptors (Lipinski definition) is 4. The third-order valence-corrected chi connectivity index (χ3v) is 0. The predicted octanol–water partition coefficient (Wildman–Crippen LogP) is -1.76. The Bertz CT molecular complexity index is 159. The molecule has 0 saturated carbocycles. The van der Waals surface area contributed by atoms with Crippen molar-refractivity contribution in [2.45, 2.75) is 0 Å². The molecule has 0 saturated heterocycles. The molecule has 56 valence electrons. The molecule has 8 nitrogen and oxygen atoms in total. The Hall–Kier alpha value is 0.135. The first-order valence-electron chi connectivity index (χ1n) is 1.26. The summed E-state index contributed by atoms with van der Waals surface area (Å²) in [5.74, 6) is 0. The largest absolute Gasteiger partial charge is 3.00 e. The normalized spacial score (nSPS) is 7.45. The molecule has 0 fully saturated rings. The van der Waals surface area contributed by atoms with Crippen molar-refractivity contribution in [1.29, 1.82) is 0 Å². The average molecular weight is 215 g/mol. The summed E-state index contributed by atoms with van der Waals surface area (Å²) in [6.45, 7) is 0. The average Bonchev–Trinajstić information content (AvgIpc) is 1.19. The maximum Gasteiger partial charge on any atom is 3.00 e. The zero-order valence-corrected chi connectivity index (χ0v) is 8.11. The molecular formula is H3Al2NO7S+6. The van der Waals surface area contributed by atoms with Gasteiger partial charge in [-0.25, -0.2) is 0 Å². The zero-order chi connectivity index (χ0) is 8.08. The minimum absolute atomic E-state index is 0. The molecule has 0 aliphatic rings. The molecule has 0 amide bonds. The monoisotopic (exact) mass is 215 g/mol. The summed E-state index contributed by atoms with van der Waals surface area (Å²) >= 11 is 0. The van der Waals surface area contributed by atoms with E-state index in [9.17, 15) is 0 Å². The van der Waals surface area contributed by atoms with E-state index < -0.39 is 15.5 Å². The van der Waals surface area contributed by atoms with E-state index >= 15 is 0 Å². The molecule has 0 aromatic carbocycles. The Morgan fingerprint density at radius 1 is 1.18 bits per heavy atom. The molecule has 0 bridgehead atoms. The zero-order valence-electron chi connectivity index (χ0n) is 4.98. The molecule has 11 heteroatoms. The fourth-order valence-electron chi connectivity index (χ4n) is 0. The van der Waals surface area contributed by atoms with Gasteiger partial charge in [-0.1, -0.05) is 0 Å². The summed E-state index contributed by atoms with van der Waals surface area (Å²) in [5, 5.41) is 13.6. The number of nitrogens with zero attached hydrogens (tertiary/aromatic N) is 1. The van der Waals surface area contributed by atoms with Gasteiger partial charge in [-0.15, -0.1) is 10.1 Å². The second-order valence-corrected chi connectivity index (χ2v) is 1.58. The first-order chi connectivity index (χ1) is 3.73. The van der Waals surface area contributed by atoms with E-state index in [2.05, 4.69) is 0 Å². The van der Waals surface area contributed by atoms with Crippen LogP contribution >= 0.6 is 0 Å². The molecule has 11 heavy (non-hydrogen) atoms. The van der Waals surface area contributed by atoms with Gasteiger partial charge in [0.15, 0.2) is 0 Å². The number of rotatable bonds is 0. The van der Waals surface area contributed by atoms with Crippen LogP contribution in [0.2, 0.25) is 0 Å². The maximum atomic E-state index is 8.74. The fourth-order valence-corrected chi connectivity index (χ4v) is 0. The Kier molecular flexibility index (Phi) is 20.7. The molecule has 3 N–H and O–H groups in total. The van der Waals surface area contributed by atoms with Crippen LogP contribution in [0, 0.1) is 10.1 Å². The maximum absolute atomic E-state index is 8.74. The van der Waals surface area contributed by atoms with Crippen molar-refractivity contribution >= 4 is 45.1 Å². The molecule has 0 heterocycles. The van der Waals surface area contributed by atoms with Crippen molar-refractivity contribution in [3.63, 3.8) is 0 Å². The Balaban J connectivity index is -0.0000000383. The van der Waals surface area contributed by atoms with Gasteiger partial charge in [0, 0.05) is 0 Å². The quantitative estimate of drug-likeness (QED) is 0.188. The van der Waals surface area contributed by atoms with Crippen LogP contribution in [0.5, 0.6) is 0 Å². The minimum Gasteiger partial charge on any atom is -0.328 e. The molecule has 0 unspecified atom stereocenters. The van der Waals surface area contributed by atoms with Crippen LogP contribution in [0.1, 0.15) is 0 Å². The van der Waals surface area contributed by atoms with Crippen molar-refractivity contribution in [3.8, 4) is 0 Å². The van der Waals surface area contributed by atoms with E-state index in [4.69, 9.17) is 32.8 Å². The van der Waals surface area contributed by atoms with E-state index in [1.54, 1.807) is 0 Å². The Morgan fingerprint density at radius 2 is 1.18 bits per heavy atom. The van der Waals surface area contributed by atoms with Crippen LogP contribution in [0.4, 0.5) is 0 Å². The van der Waals surface area contributed by atoms with Gasteiger partial charge in [0.2, 0.25) is 0 Å². The van der Waals surface area contributed by atoms with E-state index in [-0.39, 0.29) is 34.7 Å². The molecule has 0 aromatic heterocycles. The van der Waals surface area contributed by atoms with Crippen molar-refractivity contribution < 1.29 is 27.8 Å². The molecule has 0 radical (unpaired) electrons. The van der Waals surface area contributed by atoms with Crippen molar-refractivity contribution in [2.75, 3.05) is 0 Å². The summed E-state index contributed by atoms with van der Waals surface area (Å²) in [6.07, 6.45) is 0. The molecule has 0 aliphatic heterocycles. The second kappa shape index (κ2) is 10.1. The Labute approximate surface area is 83.2 Å². The number of hydrogen-bond donors (Lipinski definition) is 3. The smallest absolute Gasteiger partial charge is 0.328 e. The van der Waals surface area contributed by atoms with Crippen LogP contribution in [0.25, 0.3) is 0 Å². The first kappa shape index (κ1) is 22.5. The standard InChI is InChI=1S/2Al.HNO3.H2O4S/c;;2-1(3)4;1-5(2,3)4/h;;(H,2,3,4);(H2,1,2,3,4)/q2*+3;;. The van der Waals surface area contributed by atoms with Crippen LogP contribution in [-0.2, 0) is 10.4 Å². The fraction of sp³-hybridized carbons (Fsp3) is 0.